The van der Waals surface area contributed by atoms with Crippen LogP contribution in [-0.2, 0) is 17.6 Å². The van der Waals surface area contributed by atoms with Crippen LogP contribution in [0.15, 0.2) is 34.4 Å². The molecule has 35 heavy (non-hydrogen) atoms. The Balaban J connectivity index is 1.22. The van der Waals surface area contributed by atoms with Crippen molar-refractivity contribution < 1.29 is 9.90 Å². The van der Waals surface area contributed by atoms with Crippen LogP contribution in [-0.4, -0.2) is 46.6 Å². The number of amides is 1. The van der Waals surface area contributed by atoms with Gasteiger partial charge in [-0.2, -0.15) is 0 Å². The molecule has 0 spiro atoms. The Morgan fingerprint density at radius 2 is 1.94 bits per heavy atom. The highest BCUT2D eigenvalue weighted by Gasteiger charge is 2.24. The van der Waals surface area contributed by atoms with E-state index in [1.54, 1.807) is 17.4 Å². The molecule has 0 aliphatic heterocycles. The molecule has 190 valence electrons. The molecule has 6 nitrogen and oxygen atoms in total. The smallest absolute Gasteiger partial charge is 0.305 e. The van der Waals surface area contributed by atoms with Gasteiger partial charge in [0, 0.05) is 30.4 Å². The van der Waals surface area contributed by atoms with E-state index in [0.717, 1.165) is 74.8 Å². The van der Waals surface area contributed by atoms with E-state index in [-0.39, 0.29) is 16.5 Å². The van der Waals surface area contributed by atoms with Gasteiger partial charge in [-0.1, -0.05) is 49.2 Å². The van der Waals surface area contributed by atoms with Crippen LogP contribution in [0.3, 0.4) is 0 Å². The Morgan fingerprint density at radius 3 is 2.74 bits per heavy atom. The molecule has 0 unspecified atom stereocenters. The first-order chi connectivity index (χ1) is 17.1. The Kier molecular flexibility index (Phi) is 9.80. The summed E-state index contributed by atoms with van der Waals surface area (Å²) in [6.45, 7) is 2.49. The molecule has 1 aromatic carbocycles. The van der Waals surface area contributed by atoms with Gasteiger partial charge in [-0.05, 0) is 68.1 Å². The third-order valence-corrected chi connectivity index (χ3v) is 8.86. The van der Waals surface area contributed by atoms with Crippen molar-refractivity contribution in [2.75, 3.05) is 19.6 Å². The summed E-state index contributed by atoms with van der Waals surface area (Å²) in [7, 11) is 0. The van der Waals surface area contributed by atoms with Gasteiger partial charge in [-0.15, -0.1) is 11.3 Å². The highest BCUT2D eigenvalue weighted by molar-refractivity contribution is 7.16. The van der Waals surface area contributed by atoms with E-state index < -0.39 is 0 Å². The summed E-state index contributed by atoms with van der Waals surface area (Å²) in [4.78, 5) is 31.0. The predicted molar refractivity (Wildman–Crippen MR) is 146 cm³/mol. The molecule has 1 amide bonds. The van der Waals surface area contributed by atoms with Crippen LogP contribution in [0.1, 0.15) is 68.2 Å². The lowest BCUT2D eigenvalue weighted by Gasteiger charge is -2.34. The van der Waals surface area contributed by atoms with Crippen molar-refractivity contribution in [1.82, 2.24) is 15.2 Å². The SMILES string of the molecule is O=C(CCNCCc1cccs1)N(CCCCCc1ccc(O)c2[nH]c(=O)sc12)C1CCCCC1. The first kappa shape index (κ1) is 25.9. The monoisotopic (exact) mass is 515 g/mol. The molecule has 0 bridgehead atoms. The van der Waals surface area contributed by atoms with Crippen molar-refractivity contribution >= 4 is 38.8 Å². The van der Waals surface area contributed by atoms with Crippen LogP contribution in [0.5, 0.6) is 5.75 Å². The molecule has 0 atom stereocenters. The average Bonchev–Trinajstić information content (AvgIpc) is 3.53. The van der Waals surface area contributed by atoms with Crippen LogP contribution in [0, 0.1) is 0 Å². The number of carbonyl (C=O) groups is 1. The van der Waals surface area contributed by atoms with Gasteiger partial charge in [0.25, 0.3) is 0 Å². The first-order valence-electron chi connectivity index (χ1n) is 13.0. The van der Waals surface area contributed by atoms with E-state index in [9.17, 15) is 14.7 Å². The minimum atomic E-state index is -0.134. The number of carbonyl (C=O) groups excluding carboxylic acids is 1. The topological polar surface area (TPSA) is 85.4 Å². The number of hydrogen-bond donors (Lipinski definition) is 3. The quantitative estimate of drug-likeness (QED) is 0.264. The maximum Gasteiger partial charge on any atom is 0.305 e. The molecule has 1 aliphatic rings. The Hall–Kier alpha value is -2.16. The van der Waals surface area contributed by atoms with Crippen molar-refractivity contribution in [1.29, 1.82) is 0 Å². The third-order valence-electron chi connectivity index (χ3n) is 6.96. The van der Waals surface area contributed by atoms with E-state index >= 15 is 0 Å². The number of phenols is 1. The number of unbranched alkanes of at least 4 members (excludes halogenated alkanes) is 2. The number of aryl methyl sites for hydroxylation is 1. The van der Waals surface area contributed by atoms with Gasteiger partial charge in [0.2, 0.25) is 5.91 Å². The number of rotatable bonds is 13. The molecule has 2 aromatic heterocycles. The van der Waals surface area contributed by atoms with Gasteiger partial charge in [0.05, 0.1) is 4.70 Å². The second kappa shape index (κ2) is 13.2. The second-order valence-electron chi connectivity index (χ2n) is 9.48. The minimum Gasteiger partial charge on any atom is -0.506 e. The van der Waals surface area contributed by atoms with E-state index in [1.807, 2.05) is 6.07 Å². The average molecular weight is 516 g/mol. The predicted octanol–water partition coefficient (Wildman–Crippen LogP) is 5.45. The summed E-state index contributed by atoms with van der Waals surface area (Å²) in [5, 5.41) is 15.5. The lowest BCUT2D eigenvalue weighted by atomic mass is 9.93. The van der Waals surface area contributed by atoms with E-state index in [4.69, 9.17) is 0 Å². The van der Waals surface area contributed by atoms with Crippen molar-refractivity contribution in [2.24, 2.45) is 0 Å². The summed E-state index contributed by atoms with van der Waals surface area (Å²) >= 11 is 2.95. The number of nitrogens with one attached hydrogen (secondary N) is 2. The van der Waals surface area contributed by atoms with Crippen LogP contribution in [0.2, 0.25) is 0 Å². The lowest BCUT2D eigenvalue weighted by Crippen LogP contribution is -2.43. The largest absolute Gasteiger partial charge is 0.506 e. The number of hydrogen-bond acceptors (Lipinski definition) is 6. The van der Waals surface area contributed by atoms with Crippen LogP contribution >= 0.6 is 22.7 Å². The molecule has 2 heterocycles. The van der Waals surface area contributed by atoms with Crippen LogP contribution in [0.4, 0.5) is 0 Å². The van der Waals surface area contributed by atoms with E-state index in [2.05, 4.69) is 32.7 Å². The van der Waals surface area contributed by atoms with Gasteiger partial charge >= 0.3 is 4.87 Å². The van der Waals surface area contributed by atoms with Gasteiger partial charge in [-0.3, -0.25) is 9.59 Å². The van der Waals surface area contributed by atoms with E-state index in [1.165, 1.54) is 35.5 Å². The summed E-state index contributed by atoms with van der Waals surface area (Å²) in [5.74, 6) is 0.419. The zero-order valence-electron chi connectivity index (χ0n) is 20.4. The normalized spacial score (nSPS) is 14.5. The molecule has 1 aliphatic carbocycles. The number of aromatic amines is 1. The number of benzene rings is 1. The van der Waals surface area contributed by atoms with Crippen molar-refractivity contribution in [3.63, 3.8) is 0 Å². The summed E-state index contributed by atoms with van der Waals surface area (Å²) in [6, 6.07) is 8.23. The number of phenolic OH excluding ortho intramolecular Hbond substituents is 1. The lowest BCUT2D eigenvalue weighted by molar-refractivity contribution is -0.134. The number of fused-ring (bicyclic) bond motifs is 1. The number of nitrogens with zero attached hydrogens (tertiary/aromatic N) is 1. The third kappa shape index (κ3) is 7.41. The molecular formula is C27H37N3O3S2. The fourth-order valence-electron chi connectivity index (χ4n) is 5.08. The van der Waals surface area contributed by atoms with Crippen LogP contribution < -0.4 is 10.2 Å². The Bertz CT molecular complexity index is 1120. The molecule has 0 radical (unpaired) electrons. The minimum absolute atomic E-state index is 0.129. The van der Waals surface area contributed by atoms with Crippen molar-refractivity contribution in [3.8, 4) is 5.75 Å². The van der Waals surface area contributed by atoms with Gasteiger partial charge in [0.1, 0.15) is 11.3 Å². The molecular weight excluding hydrogens is 478 g/mol. The van der Waals surface area contributed by atoms with Crippen LogP contribution in [0.25, 0.3) is 10.2 Å². The summed E-state index contributed by atoms with van der Waals surface area (Å²) in [5.41, 5.74) is 1.66. The highest BCUT2D eigenvalue weighted by atomic mass is 32.1. The standard InChI is InChI=1S/C27H37N3O3S2/c31-23-13-12-20(26-25(23)29-27(33)35-26)8-3-2-6-18-30(21-9-4-1-5-10-21)24(32)15-17-28-16-14-22-11-7-19-34-22/h7,11-13,19,21,28,31H,1-6,8-10,14-18H2,(H,29,33). The zero-order valence-corrected chi connectivity index (χ0v) is 22.0. The molecule has 1 fully saturated rings. The maximum atomic E-state index is 13.1. The van der Waals surface area contributed by atoms with Gasteiger partial charge < -0.3 is 20.3 Å². The fourth-order valence-corrected chi connectivity index (χ4v) is 6.68. The summed E-state index contributed by atoms with van der Waals surface area (Å²) in [6.07, 6.45) is 11.5. The maximum absolute atomic E-state index is 13.1. The molecule has 0 saturated heterocycles. The van der Waals surface area contributed by atoms with E-state index in [0.29, 0.717) is 18.0 Å². The number of aromatic nitrogens is 1. The van der Waals surface area contributed by atoms with Crippen molar-refractivity contribution in [3.05, 3.63) is 49.8 Å². The van der Waals surface area contributed by atoms with Gasteiger partial charge in [-0.25, -0.2) is 0 Å². The molecule has 3 aromatic rings. The number of thiophene rings is 1. The molecule has 4 rings (SSSR count). The van der Waals surface area contributed by atoms with Gasteiger partial charge in [0.15, 0.2) is 0 Å². The molecule has 3 N–H and O–H groups in total. The number of aromatic hydroxyl groups is 1. The Labute approximate surface area is 215 Å². The number of thiazole rings is 1. The highest BCUT2D eigenvalue weighted by Crippen LogP contribution is 2.29. The molecule has 1 saturated carbocycles. The molecule has 8 heteroatoms. The fraction of sp³-hybridized carbons (Fsp3) is 0.556. The number of H-pyrrole nitrogens is 1. The first-order valence-corrected chi connectivity index (χ1v) is 14.7. The van der Waals surface area contributed by atoms with Crippen molar-refractivity contribution in [2.45, 2.75) is 76.7 Å². The Morgan fingerprint density at radius 1 is 1.09 bits per heavy atom. The zero-order chi connectivity index (χ0) is 24.5. The summed E-state index contributed by atoms with van der Waals surface area (Å²) < 4.78 is 0.862. The second-order valence-corrected chi connectivity index (χ2v) is 11.5.